The summed E-state index contributed by atoms with van der Waals surface area (Å²) in [4.78, 5) is 17.1. The molecule has 2 saturated heterocycles. The van der Waals surface area contributed by atoms with Crippen molar-refractivity contribution in [1.82, 2.24) is 14.7 Å². The molecule has 35 heavy (non-hydrogen) atoms. The van der Waals surface area contributed by atoms with Crippen LogP contribution in [0, 0.1) is 17.7 Å². The van der Waals surface area contributed by atoms with Gasteiger partial charge in [0.1, 0.15) is 11.6 Å². The van der Waals surface area contributed by atoms with Gasteiger partial charge in [0.05, 0.1) is 6.10 Å². The van der Waals surface area contributed by atoms with Gasteiger partial charge in [0.25, 0.3) is 5.56 Å². The highest BCUT2D eigenvalue weighted by Gasteiger charge is 2.29. The Bertz CT molecular complexity index is 1140. The summed E-state index contributed by atoms with van der Waals surface area (Å²) in [7, 11) is 0. The van der Waals surface area contributed by atoms with E-state index in [-0.39, 0.29) is 11.4 Å². The van der Waals surface area contributed by atoms with Gasteiger partial charge in [0.15, 0.2) is 0 Å². The van der Waals surface area contributed by atoms with E-state index in [1.54, 1.807) is 24.3 Å². The molecule has 2 aromatic rings. The molecule has 5 rings (SSSR count). The second-order valence-electron chi connectivity index (χ2n) is 9.64. The molecule has 1 aliphatic carbocycles. The Kier molecular flexibility index (Phi) is 7.66. The number of ether oxygens (including phenoxy) is 1. The molecule has 8 heteroatoms. The molecule has 6 nitrogen and oxygen atoms in total. The average Bonchev–Trinajstić information content (AvgIpc) is 2.83. The summed E-state index contributed by atoms with van der Waals surface area (Å²) in [5, 5.41) is 4.95. The molecule has 0 saturated carbocycles. The van der Waals surface area contributed by atoms with Crippen molar-refractivity contribution in [3.8, 4) is 0 Å². The second-order valence-corrected chi connectivity index (χ2v) is 10.1. The van der Waals surface area contributed by atoms with Crippen LogP contribution >= 0.6 is 11.6 Å². The van der Waals surface area contributed by atoms with Crippen LogP contribution in [0.25, 0.3) is 0 Å². The monoisotopic (exact) mass is 498 g/mol. The molecule has 0 N–H and O–H groups in total. The van der Waals surface area contributed by atoms with Gasteiger partial charge in [-0.15, -0.1) is 0 Å². The van der Waals surface area contributed by atoms with Gasteiger partial charge in [-0.3, -0.25) is 9.69 Å². The van der Waals surface area contributed by atoms with E-state index in [4.69, 9.17) is 16.3 Å². The maximum Gasteiger partial charge on any atom is 0.266 e. The molecule has 2 aliphatic heterocycles. The first kappa shape index (κ1) is 24.2. The number of hydrogen-bond acceptors (Lipinski definition) is 5. The second kappa shape index (κ2) is 11.1. The number of allylic oxidation sites excluding steroid dienone is 3. The molecule has 2 fully saturated rings. The lowest BCUT2D eigenvalue weighted by atomic mass is 9.82. The molecule has 186 valence electrons. The number of aryl methyl sites for hydroxylation is 2. The zero-order valence-electron chi connectivity index (χ0n) is 19.9. The maximum atomic E-state index is 14.1. The van der Waals surface area contributed by atoms with Crippen molar-refractivity contribution in [3.05, 3.63) is 81.4 Å². The van der Waals surface area contributed by atoms with Crippen LogP contribution in [0.15, 0.2) is 59.4 Å². The van der Waals surface area contributed by atoms with Crippen molar-refractivity contribution < 1.29 is 9.13 Å². The van der Waals surface area contributed by atoms with Crippen molar-refractivity contribution in [2.45, 2.75) is 31.9 Å². The van der Waals surface area contributed by atoms with E-state index in [0.717, 1.165) is 51.6 Å². The summed E-state index contributed by atoms with van der Waals surface area (Å²) in [6.07, 6.45) is 12.1. The zero-order valence-corrected chi connectivity index (χ0v) is 20.6. The fourth-order valence-corrected chi connectivity index (χ4v) is 5.26. The number of anilines is 1. The van der Waals surface area contributed by atoms with Gasteiger partial charge in [-0.25, -0.2) is 9.07 Å². The third-order valence-corrected chi connectivity index (χ3v) is 7.57. The topological polar surface area (TPSA) is 50.6 Å². The van der Waals surface area contributed by atoms with Crippen molar-refractivity contribution in [2.24, 2.45) is 11.8 Å². The van der Waals surface area contributed by atoms with Crippen molar-refractivity contribution in [2.75, 3.05) is 44.2 Å². The van der Waals surface area contributed by atoms with Crippen LogP contribution in [-0.4, -0.2) is 60.1 Å². The van der Waals surface area contributed by atoms with Gasteiger partial charge in [0, 0.05) is 57.0 Å². The molecule has 3 atom stereocenters. The van der Waals surface area contributed by atoms with E-state index in [9.17, 15) is 9.18 Å². The minimum atomic E-state index is -0.358. The summed E-state index contributed by atoms with van der Waals surface area (Å²) in [6.45, 7) is 5.90. The van der Waals surface area contributed by atoms with E-state index >= 15 is 0 Å². The Morgan fingerprint density at radius 3 is 2.54 bits per heavy atom. The highest BCUT2D eigenvalue weighted by molar-refractivity contribution is 6.30. The SMILES string of the molecule is O=c1ccc(N2CCN(CC3C=CC=C[C@@H]3CC3CCO3)CC2)nn1CCc1ccc(Cl)cc1F. The van der Waals surface area contributed by atoms with E-state index in [0.29, 0.717) is 41.5 Å². The number of aromatic nitrogens is 2. The van der Waals surface area contributed by atoms with Gasteiger partial charge < -0.3 is 9.64 Å². The summed E-state index contributed by atoms with van der Waals surface area (Å²) in [6, 6.07) is 7.97. The number of rotatable bonds is 8. The largest absolute Gasteiger partial charge is 0.378 e. The zero-order chi connectivity index (χ0) is 24.2. The van der Waals surface area contributed by atoms with Gasteiger partial charge in [-0.05, 0) is 54.9 Å². The Morgan fingerprint density at radius 2 is 1.83 bits per heavy atom. The Morgan fingerprint density at radius 1 is 1.06 bits per heavy atom. The van der Waals surface area contributed by atoms with Gasteiger partial charge in [0.2, 0.25) is 0 Å². The van der Waals surface area contributed by atoms with E-state index < -0.39 is 0 Å². The van der Waals surface area contributed by atoms with Crippen molar-refractivity contribution in [3.63, 3.8) is 0 Å². The fourth-order valence-electron chi connectivity index (χ4n) is 5.10. The van der Waals surface area contributed by atoms with Gasteiger partial charge in [-0.1, -0.05) is 42.0 Å². The Balaban J connectivity index is 1.16. The molecule has 3 heterocycles. The Labute approximate surface area is 210 Å². The maximum absolute atomic E-state index is 14.1. The number of hydrogen-bond donors (Lipinski definition) is 0. The van der Waals surface area contributed by atoms with E-state index in [1.165, 1.54) is 17.2 Å². The van der Waals surface area contributed by atoms with Crippen LogP contribution in [0.4, 0.5) is 10.2 Å². The minimum Gasteiger partial charge on any atom is -0.378 e. The summed E-state index contributed by atoms with van der Waals surface area (Å²) in [5.74, 6) is 1.49. The number of halogens is 2. The normalized spacial score (nSPS) is 24.5. The first-order valence-corrected chi connectivity index (χ1v) is 12.9. The minimum absolute atomic E-state index is 0.180. The van der Waals surface area contributed by atoms with Gasteiger partial charge in [-0.2, -0.15) is 5.10 Å². The third-order valence-electron chi connectivity index (χ3n) is 7.33. The number of benzene rings is 1. The standard InChI is InChI=1S/C27H32ClFN4O2/c28-23-6-5-20(25(29)18-23)9-11-33-27(34)8-7-26(30-33)32-14-12-31(13-15-32)19-22-4-2-1-3-21(22)17-24-10-16-35-24/h1-8,18,21-22,24H,9-17,19H2/t21-,22?,24?/m1/s1. The fraction of sp³-hybridized carbons (Fsp3) is 0.481. The number of piperazine rings is 1. The average molecular weight is 499 g/mol. The predicted octanol–water partition coefficient (Wildman–Crippen LogP) is 3.94. The van der Waals surface area contributed by atoms with Crippen LogP contribution in [-0.2, 0) is 17.7 Å². The van der Waals surface area contributed by atoms with Crippen LogP contribution in [0.3, 0.4) is 0 Å². The van der Waals surface area contributed by atoms with E-state index in [1.807, 2.05) is 0 Å². The molecule has 0 radical (unpaired) electrons. The van der Waals surface area contributed by atoms with Crippen LogP contribution in [0.5, 0.6) is 0 Å². The lowest BCUT2D eigenvalue weighted by Crippen LogP contribution is -2.49. The number of nitrogens with zero attached hydrogens (tertiary/aromatic N) is 4. The highest BCUT2D eigenvalue weighted by atomic mass is 35.5. The predicted molar refractivity (Wildman–Crippen MR) is 136 cm³/mol. The smallest absolute Gasteiger partial charge is 0.266 e. The molecule has 3 aliphatic rings. The van der Waals surface area contributed by atoms with Crippen LogP contribution in [0.1, 0.15) is 18.4 Å². The molecule has 1 aromatic heterocycles. The lowest BCUT2D eigenvalue weighted by Gasteiger charge is -2.39. The highest BCUT2D eigenvalue weighted by Crippen LogP contribution is 2.30. The summed E-state index contributed by atoms with van der Waals surface area (Å²) >= 11 is 5.84. The summed E-state index contributed by atoms with van der Waals surface area (Å²) in [5.41, 5.74) is 0.344. The molecular weight excluding hydrogens is 467 g/mol. The molecular formula is C27H32ClFN4O2. The van der Waals surface area contributed by atoms with Crippen molar-refractivity contribution >= 4 is 17.4 Å². The molecule has 0 bridgehead atoms. The molecule has 0 amide bonds. The first-order valence-electron chi connectivity index (χ1n) is 12.5. The molecule has 1 aromatic carbocycles. The first-order chi connectivity index (χ1) is 17.0. The van der Waals surface area contributed by atoms with Gasteiger partial charge >= 0.3 is 0 Å². The van der Waals surface area contributed by atoms with Crippen molar-refractivity contribution in [1.29, 1.82) is 0 Å². The third kappa shape index (κ3) is 6.02. The van der Waals surface area contributed by atoms with Crippen LogP contribution in [0.2, 0.25) is 5.02 Å². The molecule has 0 spiro atoms. The summed E-state index contributed by atoms with van der Waals surface area (Å²) < 4.78 is 21.2. The quantitative estimate of drug-likeness (QED) is 0.552. The Hall–Kier alpha value is -2.48. The van der Waals surface area contributed by atoms with E-state index in [2.05, 4.69) is 39.2 Å². The molecule has 2 unspecified atom stereocenters. The van der Waals surface area contributed by atoms with Crippen LogP contribution < -0.4 is 10.5 Å². The lowest BCUT2D eigenvalue weighted by molar-refractivity contribution is -0.0627.